The smallest absolute Gasteiger partial charge is 0.367 e. The lowest BCUT2D eigenvalue weighted by molar-refractivity contribution is -0.186. The summed E-state index contributed by atoms with van der Waals surface area (Å²) in [5, 5.41) is 4.62. The Labute approximate surface area is 163 Å². The largest absolute Gasteiger partial charge is 0.391 e. The highest BCUT2D eigenvalue weighted by atomic mass is 19.4. The van der Waals surface area contributed by atoms with Gasteiger partial charge in [0.25, 0.3) is 0 Å². The molecule has 7 heteroatoms. The molecule has 0 spiro atoms. The van der Waals surface area contributed by atoms with Crippen LogP contribution in [0.1, 0.15) is 44.1 Å². The molecule has 1 saturated heterocycles. The van der Waals surface area contributed by atoms with Crippen molar-refractivity contribution < 1.29 is 13.2 Å². The minimum atomic E-state index is -4.04. The standard InChI is InChI=1S/C21H27F3N4/c1-14-2-7-19-18(12-14)20(26-13-25-19)27-16-3-5-17(6-4-16)28-10-8-15(9-11-28)21(22,23)24/h2,7,12-13,15-17H,3-6,8-11H2,1H3,(H,25,26,27). The van der Waals surface area contributed by atoms with Gasteiger partial charge in [0, 0.05) is 17.5 Å². The summed E-state index contributed by atoms with van der Waals surface area (Å²) in [5.41, 5.74) is 2.11. The van der Waals surface area contributed by atoms with Crippen molar-refractivity contribution in [3.63, 3.8) is 0 Å². The first-order valence-corrected chi connectivity index (χ1v) is 10.2. The highest BCUT2D eigenvalue weighted by Crippen LogP contribution is 2.36. The quantitative estimate of drug-likeness (QED) is 0.804. The molecule has 4 rings (SSSR count). The molecular weight excluding hydrogens is 365 g/mol. The Balaban J connectivity index is 1.32. The molecule has 1 aliphatic heterocycles. The number of aryl methyl sites for hydroxylation is 1. The van der Waals surface area contributed by atoms with Crippen LogP contribution in [0.25, 0.3) is 10.9 Å². The van der Waals surface area contributed by atoms with Gasteiger partial charge in [-0.3, -0.25) is 0 Å². The molecule has 28 heavy (non-hydrogen) atoms. The molecule has 2 aliphatic rings. The van der Waals surface area contributed by atoms with E-state index in [-0.39, 0.29) is 12.8 Å². The van der Waals surface area contributed by atoms with Crippen LogP contribution in [-0.4, -0.2) is 46.2 Å². The Morgan fingerprint density at radius 1 is 1.00 bits per heavy atom. The number of fused-ring (bicyclic) bond motifs is 1. The van der Waals surface area contributed by atoms with Gasteiger partial charge in [0.05, 0.1) is 11.4 Å². The second-order valence-electron chi connectivity index (χ2n) is 8.24. The number of nitrogens with one attached hydrogen (secondary N) is 1. The Morgan fingerprint density at radius 3 is 2.39 bits per heavy atom. The Bertz CT molecular complexity index is 807. The van der Waals surface area contributed by atoms with Crippen molar-refractivity contribution in [3.05, 3.63) is 30.1 Å². The fraction of sp³-hybridized carbons (Fsp3) is 0.619. The number of likely N-dealkylation sites (tertiary alicyclic amines) is 1. The molecule has 0 unspecified atom stereocenters. The van der Waals surface area contributed by atoms with Gasteiger partial charge in [-0.05, 0) is 70.7 Å². The van der Waals surface area contributed by atoms with Crippen molar-refractivity contribution in [2.24, 2.45) is 5.92 Å². The average molecular weight is 392 g/mol. The maximum atomic E-state index is 12.9. The minimum Gasteiger partial charge on any atom is -0.367 e. The van der Waals surface area contributed by atoms with Gasteiger partial charge in [0.15, 0.2) is 0 Å². The second-order valence-corrected chi connectivity index (χ2v) is 8.24. The molecule has 1 aromatic heterocycles. The topological polar surface area (TPSA) is 41.1 Å². The Kier molecular flexibility index (Phi) is 5.45. The molecule has 0 amide bonds. The number of piperidine rings is 1. The highest BCUT2D eigenvalue weighted by Gasteiger charge is 2.42. The summed E-state index contributed by atoms with van der Waals surface area (Å²) in [5.74, 6) is -0.237. The van der Waals surface area contributed by atoms with Crippen LogP contribution < -0.4 is 5.32 Å². The van der Waals surface area contributed by atoms with Gasteiger partial charge < -0.3 is 10.2 Å². The highest BCUT2D eigenvalue weighted by molar-refractivity contribution is 5.89. The number of nitrogens with zero attached hydrogens (tertiary/aromatic N) is 3. The van der Waals surface area contributed by atoms with E-state index in [1.807, 2.05) is 12.1 Å². The molecule has 2 heterocycles. The van der Waals surface area contributed by atoms with Crippen molar-refractivity contribution >= 4 is 16.7 Å². The van der Waals surface area contributed by atoms with Gasteiger partial charge in [-0.15, -0.1) is 0 Å². The summed E-state index contributed by atoms with van der Waals surface area (Å²) >= 11 is 0. The van der Waals surface area contributed by atoms with Gasteiger partial charge in [-0.25, -0.2) is 9.97 Å². The lowest BCUT2D eigenvalue weighted by Gasteiger charge is -2.41. The fourth-order valence-electron chi connectivity index (χ4n) is 4.66. The first-order valence-electron chi connectivity index (χ1n) is 10.2. The van der Waals surface area contributed by atoms with Crippen molar-refractivity contribution in [3.8, 4) is 0 Å². The molecular formula is C21H27F3N4. The lowest BCUT2D eigenvalue weighted by Crippen LogP contribution is -2.46. The molecule has 0 atom stereocenters. The molecule has 1 aliphatic carbocycles. The van der Waals surface area contributed by atoms with Crippen LogP contribution in [-0.2, 0) is 0 Å². The summed E-state index contributed by atoms with van der Waals surface area (Å²) in [4.78, 5) is 11.1. The minimum absolute atomic E-state index is 0.244. The van der Waals surface area contributed by atoms with Crippen molar-refractivity contribution in [1.82, 2.24) is 14.9 Å². The fourth-order valence-corrected chi connectivity index (χ4v) is 4.66. The zero-order chi connectivity index (χ0) is 19.7. The molecule has 2 fully saturated rings. The van der Waals surface area contributed by atoms with Crippen LogP contribution in [0, 0.1) is 12.8 Å². The summed E-state index contributed by atoms with van der Waals surface area (Å²) in [6, 6.07) is 6.93. The zero-order valence-corrected chi connectivity index (χ0v) is 16.2. The maximum Gasteiger partial charge on any atom is 0.391 e. The summed E-state index contributed by atoms with van der Waals surface area (Å²) in [6.45, 7) is 3.20. The van der Waals surface area contributed by atoms with E-state index in [9.17, 15) is 13.2 Å². The molecule has 1 aromatic carbocycles. The van der Waals surface area contributed by atoms with Gasteiger partial charge >= 0.3 is 6.18 Å². The predicted octanol–water partition coefficient (Wildman–Crippen LogP) is 4.94. The van der Waals surface area contributed by atoms with E-state index in [0.29, 0.717) is 25.2 Å². The van der Waals surface area contributed by atoms with Crippen molar-refractivity contribution in [1.29, 1.82) is 0 Å². The van der Waals surface area contributed by atoms with E-state index < -0.39 is 12.1 Å². The number of rotatable bonds is 3. The monoisotopic (exact) mass is 392 g/mol. The van der Waals surface area contributed by atoms with Gasteiger partial charge in [0.1, 0.15) is 12.1 Å². The van der Waals surface area contributed by atoms with Crippen LogP contribution in [0.3, 0.4) is 0 Å². The average Bonchev–Trinajstić information content (AvgIpc) is 2.68. The SMILES string of the molecule is Cc1ccc2ncnc(NC3CCC(N4CCC(C(F)(F)F)CC4)CC3)c2c1. The Morgan fingerprint density at radius 2 is 1.71 bits per heavy atom. The first kappa shape index (κ1) is 19.4. The van der Waals surface area contributed by atoms with E-state index in [4.69, 9.17) is 0 Å². The third-order valence-corrected chi connectivity index (χ3v) is 6.34. The van der Waals surface area contributed by atoms with E-state index in [2.05, 4.69) is 33.2 Å². The summed E-state index contributed by atoms with van der Waals surface area (Å²) < 4.78 is 38.6. The molecule has 1 saturated carbocycles. The van der Waals surface area contributed by atoms with E-state index >= 15 is 0 Å². The molecule has 4 nitrogen and oxygen atoms in total. The second kappa shape index (κ2) is 7.85. The third kappa shape index (κ3) is 4.24. The maximum absolute atomic E-state index is 12.9. The van der Waals surface area contributed by atoms with Crippen LogP contribution in [0.15, 0.2) is 24.5 Å². The van der Waals surface area contributed by atoms with E-state index in [1.165, 1.54) is 5.56 Å². The number of benzene rings is 1. The zero-order valence-electron chi connectivity index (χ0n) is 16.2. The number of anilines is 1. The molecule has 0 radical (unpaired) electrons. The molecule has 2 aromatic rings. The molecule has 152 valence electrons. The normalized spacial score (nSPS) is 25.1. The van der Waals surface area contributed by atoms with Crippen molar-refractivity contribution in [2.45, 2.75) is 63.7 Å². The third-order valence-electron chi connectivity index (χ3n) is 6.34. The van der Waals surface area contributed by atoms with Crippen molar-refractivity contribution in [2.75, 3.05) is 18.4 Å². The van der Waals surface area contributed by atoms with E-state index in [1.54, 1.807) is 6.33 Å². The first-order chi connectivity index (χ1) is 13.4. The number of hydrogen-bond donors (Lipinski definition) is 1. The number of halogens is 3. The van der Waals surface area contributed by atoms with Crippen LogP contribution in [0.5, 0.6) is 0 Å². The van der Waals surface area contributed by atoms with Gasteiger partial charge in [-0.2, -0.15) is 13.2 Å². The number of hydrogen-bond acceptors (Lipinski definition) is 4. The number of alkyl halides is 3. The Hall–Kier alpha value is -1.89. The van der Waals surface area contributed by atoms with Crippen LogP contribution in [0.4, 0.5) is 19.0 Å². The van der Waals surface area contributed by atoms with Gasteiger partial charge in [0.2, 0.25) is 0 Å². The van der Waals surface area contributed by atoms with Crippen LogP contribution in [0.2, 0.25) is 0 Å². The summed E-state index contributed by atoms with van der Waals surface area (Å²) in [7, 11) is 0. The lowest BCUT2D eigenvalue weighted by atomic mass is 9.87. The predicted molar refractivity (Wildman–Crippen MR) is 104 cm³/mol. The number of aromatic nitrogens is 2. The van der Waals surface area contributed by atoms with Gasteiger partial charge in [-0.1, -0.05) is 11.6 Å². The molecule has 0 bridgehead atoms. The van der Waals surface area contributed by atoms with E-state index in [0.717, 1.165) is 42.4 Å². The molecule has 1 N–H and O–H groups in total. The summed E-state index contributed by atoms with van der Waals surface area (Å²) in [6.07, 6.45) is 2.12. The van der Waals surface area contributed by atoms with Crippen LogP contribution >= 0.6 is 0 Å².